The van der Waals surface area contributed by atoms with Crippen LogP contribution in [0.15, 0.2) is 78.2 Å². The Labute approximate surface area is 189 Å². The number of benzene rings is 2. The summed E-state index contributed by atoms with van der Waals surface area (Å²) in [5, 5.41) is 14.9. The lowest BCUT2D eigenvalue weighted by atomic mass is 10.1. The minimum atomic E-state index is -0.165. The summed E-state index contributed by atoms with van der Waals surface area (Å²) >= 11 is 1.30. The molecule has 0 radical (unpaired) electrons. The molecule has 4 rings (SSSR count). The molecule has 2 heterocycles. The third-order valence-electron chi connectivity index (χ3n) is 4.53. The van der Waals surface area contributed by atoms with Crippen molar-refractivity contribution in [2.75, 3.05) is 16.4 Å². The molecule has 0 saturated carbocycles. The van der Waals surface area contributed by atoms with Gasteiger partial charge in [-0.2, -0.15) is 0 Å². The molecule has 0 unspecified atom stereocenters. The smallest absolute Gasteiger partial charge is 0.234 e. The predicted molar refractivity (Wildman–Crippen MR) is 126 cm³/mol. The number of aromatic nitrogens is 4. The molecule has 2 N–H and O–H groups in total. The summed E-state index contributed by atoms with van der Waals surface area (Å²) in [5.74, 6) is 0.554. The molecule has 32 heavy (non-hydrogen) atoms. The molecule has 0 spiro atoms. The molecule has 162 valence electrons. The number of rotatable bonds is 7. The summed E-state index contributed by atoms with van der Waals surface area (Å²) in [6, 6.07) is 18.9. The number of nitrogens with one attached hydrogen (secondary N) is 2. The molecule has 2 aromatic carbocycles. The number of nitrogens with zero attached hydrogens (tertiary/aromatic N) is 4. The fraction of sp³-hybridized carbons (Fsp3) is 0.130. The Morgan fingerprint density at radius 1 is 0.938 bits per heavy atom. The molecule has 0 atom stereocenters. The second kappa shape index (κ2) is 9.52. The van der Waals surface area contributed by atoms with Crippen molar-refractivity contribution in [3.63, 3.8) is 0 Å². The van der Waals surface area contributed by atoms with Gasteiger partial charge in [-0.15, -0.1) is 10.2 Å². The third kappa shape index (κ3) is 5.06. The second-order valence-corrected chi connectivity index (χ2v) is 8.09. The predicted octanol–water partition coefficient (Wildman–Crippen LogP) is 4.06. The SMILES string of the molecule is CC(=O)Nc1ccc(NC(=O)CSc2nnc(-c3cccc(C)c3)n2-n2cccc2)cc1. The molecule has 0 saturated heterocycles. The number of anilines is 2. The maximum Gasteiger partial charge on any atom is 0.234 e. The number of amides is 2. The summed E-state index contributed by atoms with van der Waals surface area (Å²) < 4.78 is 3.77. The van der Waals surface area contributed by atoms with Crippen LogP contribution in [0.3, 0.4) is 0 Å². The lowest BCUT2D eigenvalue weighted by molar-refractivity contribution is -0.114. The summed E-state index contributed by atoms with van der Waals surface area (Å²) in [7, 11) is 0. The van der Waals surface area contributed by atoms with Gasteiger partial charge in [0.15, 0.2) is 5.82 Å². The molecule has 2 amide bonds. The minimum absolute atomic E-state index is 0.143. The first-order chi connectivity index (χ1) is 15.5. The van der Waals surface area contributed by atoms with Crippen LogP contribution in [0, 0.1) is 6.92 Å². The highest BCUT2D eigenvalue weighted by Gasteiger charge is 2.17. The van der Waals surface area contributed by atoms with Crippen molar-refractivity contribution < 1.29 is 9.59 Å². The number of hydrogen-bond donors (Lipinski definition) is 2. The average molecular weight is 447 g/mol. The highest BCUT2D eigenvalue weighted by Crippen LogP contribution is 2.25. The molecule has 8 nitrogen and oxygen atoms in total. The van der Waals surface area contributed by atoms with Gasteiger partial charge in [0.25, 0.3) is 0 Å². The Balaban J connectivity index is 1.48. The Hall–Kier alpha value is -3.85. The molecular formula is C23H22N6O2S. The van der Waals surface area contributed by atoms with Crippen LogP contribution in [0.4, 0.5) is 11.4 Å². The van der Waals surface area contributed by atoms with E-state index < -0.39 is 0 Å². The first-order valence-electron chi connectivity index (χ1n) is 9.96. The number of hydrogen-bond acceptors (Lipinski definition) is 5. The number of carbonyl (C=O) groups is 2. The van der Waals surface area contributed by atoms with Gasteiger partial charge in [0.1, 0.15) is 0 Å². The van der Waals surface area contributed by atoms with Gasteiger partial charge in [0.2, 0.25) is 17.0 Å². The Morgan fingerprint density at radius 3 is 2.28 bits per heavy atom. The Morgan fingerprint density at radius 2 is 1.62 bits per heavy atom. The monoisotopic (exact) mass is 446 g/mol. The van der Waals surface area contributed by atoms with E-state index in [1.165, 1.54) is 18.7 Å². The van der Waals surface area contributed by atoms with Gasteiger partial charge in [-0.3, -0.25) is 14.3 Å². The van der Waals surface area contributed by atoms with Gasteiger partial charge < -0.3 is 10.6 Å². The minimum Gasteiger partial charge on any atom is -0.326 e. The van der Waals surface area contributed by atoms with Crippen LogP contribution in [-0.4, -0.2) is 37.1 Å². The number of carbonyl (C=O) groups excluding carboxylic acids is 2. The van der Waals surface area contributed by atoms with Gasteiger partial charge >= 0.3 is 0 Å². The molecule has 9 heteroatoms. The molecule has 4 aromatic rings. The van der Waals surface area contributed by atoms with Crippen LogP contribution >= 0.6 is 11.8 Å². The van der Waals surface area contributed by atoms with Crippen molar-refractivity contribution in [3.8, 4) is 11.4 Å². The Kier molecular flexibility index (Phi) is 6.37. The second-order valence-electron chi connectivity index (χ2n) is 7.15. The van der Waals surface area contributed by atoms with Crippen LogP contribution in [0.1, 0.15) is 12.5 Å². The summed E-state index contributed by atoms with van der Waals surface area (Å²) in [6.07, 6.45) is 3.81. The van der Waals surface area contributed by atoms with E-state index in [0.717, 1.165) is 11.1 Å². The van der Waals surface area contributed by atoms with E-state index in [-0.39, 0.29) is 17.6 Å². The molecule has 0 aliphatic heterocycles. The first-order valence-corrected chi connectivity index (χ1v) is 10.9. The standard InChI is InChI=1S/C23H22N6O2S/c1-16-6-5-7-18(14-16)22-26-27-23(29(22)28-12-3-4-13-28)32-15-21(31)25-20-10-8-19(9-11-20)24-17(2)30/h3-14H,15H2,1-2H3,(H,24,30)(H,25,31). The zero-order valence-corrected chi connectivity index (χ0v) is 18.5. The zero-order chi connectivity index (χ0) is 22.5. The van der Waals surface area contributed by atoms with Gasteiger partial charge in [0.05, 0.1) is 5.75 Å². The van der Waals surface area contributed by atoms with Crippen LogP contribution < -0.4 is 10.6 Å². The lowest BCUT2D eigenvalue weighted by Gasteiger charge is -2.12. The zero-order valence-electron chi connectivity index (χ0n) is 17.6. The molecule has 0 aliphatic rings. The quantitative estimate of drug-likeness (QED) is 0.418. The molecule has 0 bridgehead atoms. The normalized spacial score (nSPS) is 10.7. The Bertz CT molecular complexity index is 1230. The van der Waals surface area contributed by atoms with Crippen LogP contribution in [-0.2, 0) is 9.59 Å². The van der Waals surface area contributed by atoms with Gasteiger partial charge in [-0.05, 0) is 49.4 Å². The third-order valence-corrected chi connectivity index (χ3v) is 5.45. The van der Waals surface area contributed by atoms with E-state index in [9.17, 15) is 9.59 Å². The lowest BCUT2D eigenvalue weighted by Crippen LogP contribution is -2.16. The van der Waals surface area contributed by atoms with Gasteiger partial charge in [-0.25, -0.2) is 4.68 Å². The van der Waals surface area contributed by atoms with Crippen LogP contribution in [0.2, 0.25) is 0 Å². The fourth-order valence-corrected chi connectivity index (χ4v) is 3.89. The van der Waals surface area contributed by atoms with Crippen molar-refractivity contribution in [1.29, 1.82) is 0 Å². The molecule has 0 aliphatic carbocycles. The van der Waals surface area contributed by atoms with Crippen LogP contribution in [0.5, 0.6) is 0 Å². The molecular weight excluding hydrogens is 424 g/mol. The van der Waals surface area contributed by atoms with E-state index in [1.54, 1.807) is 24.3 Å². The van der Waals surface area contributed by atoms with E-state index in [0.29, 0.717) is 22.4 Å². The highest BCUT2D eigenvalue weighted by atomic mass is 32.2. The van der Waals surface area contributed by atoms with Crippen molar-refractivity contribution in [1.82, 2.24) is 19.5 Å². The average Bonchev–Trinajstić information content (AvgIpc) is 3.43. The fourth-order valence-electron chi connectivity index (χ4n) is 3.15. The number of thioether (sulfide) groups is 1. The summed E-state index contributed by atoms with van der Waals surface area (Å²) in [6.45, 7) is 3.48. The van der Waals surface area contributed by atoms with Crippen molar-refractivity contribution >= 4 is 35.0 Å². The van der Waals surface area contributed by atoms with E-state index in [2.05, 4.69) is 26.9 Å². The number of aryl methyl sites for hydroxylation is 1. The molecule has 2 aromatic heterocycles. The van der Waals surface area contributed by atoms with Gasteiger partial charge in [-0.1, -0.05) is 35.5 Å². The largest absolute Gasteiger partial charge is 0.326 e. The maximum absolute atomic E-state index is 12.5. The van der Waals surface area contributed by atoms with E-state index >= 15 is 0 Å². The molecule has 0 fully saturated rings. The summed E-state index contributed by atoms with van der Waals surface area (Å²) in [4.78, 5) is 23.6. The van der Waals surface area contributed by atoms with Crippen molar-refractivity contribution in [2.45, 2.75) is 19.0 Å². The van der Waals surface area contributed by atoms with Gasteiger partial charge in [0, 0.05) is 36.3 Å². The van der Waals surface area contributed by atoms with Crippen molar-refractivity contribution in [2.24, 2.45) is 0 Å². The summed E-state index contributed by atoms with van der Waals surface area (Å²) in [5.41, 5.74) is 3.40. The first kappa shape index (κ1) is 21.4. The van der Waals surface area contributed by atoms with E-state index in [1.807, 2.05) is 59.0 Å². The van der Waals surface area contributed by atoms with E-state index in [4.69, 9.17) is 0 Å². The topological polar surface area (TPSA) is 93.8 Å². The van der Waals surface area contributed by atoms with Crippen molar-refractivity contribution in [3.05, 3.63) is 78.6 Å². The highest BCUT2D eigenvalue weighted by molar-refractivity contribution is 7.99. The van der Waals surface area contributed by atoms with Crippen LogP contribution in [0.25, 0.3) is 11.4 Å². The maximum atomic E-state index is 12.5.